The topological polar surface area (TPSA) is 23.6 Å². The van der Waals surface area contributed by atoms with Gasteiger partial charge in [0.1, 0.15) is 5.82 Å². The van der Waals surface area contributed by atoms with Crippen molar-refractivity contribution in [2.75, 3.05) is 4.90 Å². The fourth-order valence-electron chi connectivity index (χ4n) is 4.35. The zero-order valence-electron chi connectivity index (χ0n) is 18.2. The second-order valence-corrected chi connectivity index (χ2v) is 9.44. The van der Waals surface area contributed by atoms with Crippen molar-refractivity contribution in [1.82, 2.24) is 4.90 Å². The van der Waals surface area contributed by atoms with Crippen LogP contribution in [0.4, 0.5) is 10.1 Å². The van der Waals surface area contributed by atoms with Crippen LogP contribution in [0.5, 0.6) is 0 Å². The van der Waals surface area contributed by atoms with Crippen LogP contribution in [0.15, 0.2) is 72.8 Å². The van der Waals surface area contributed by atoms with E-state index in [-0.39, 0.29) is 28.9 Å². The Bertz CT molecular complexity index is 1170. The zero-order valence-corrected chi connectivity index (χ0v) is 20.5. The summed E-state index contributed by atoms with van der Waals surface area (Å²) in [5.41, 5.74) is 2.54. The number of hydrogen-bond donors (Lipinski definition) is 0. The molecule has 1 heterocycles. The molecule has 0 N–H and O–H groups in total. The fraction of sp³-hybridized carbons (Fsp3) is 0.231. The van der Waals surface area contributed by atoms with E-state index in [1.807, 2.05) is 61.5 Å². The van der Waals surface area contributed by atoms with Gasteiger partial charge >= 0.3 is 0 Å². The second-order valence-electron chi connectivity index (χ2n) is 8.23. The first-order chi connectivity index (χ1) is 15.8. The quantitative estimate of drug-likeness (QED) is 0.349. The van der Waals surface area contributed by atoms with E-state index in [0.29, 0.717) is 22.2 Å². The van der Waals surface area contributed by atoms with Crippen molar-refractivity contribution >= 4 is 52.1 Å². The summed E-state index contributed by atoms with van der Waals surface area (Å²) in [6, 6.07) is 21.5. The Labute approximate surface area is 208 Å². The SMILES string of the molecule is C[C@@H](c1ccccc1)N1C(=S)N(c2ccc(F)c(Cl)c2)C(=O)[C@H](Cc2ccc(Cl)cc2)[C@@H]1C. The summed E-state index contributed by atoms with van der Waals surface area (Å²) in [7, 11) is 0. The lowest BCUT2D eigenvalue weighted by molar-refractivity contribution is -0.124. The molecule has 170 valence electrons. The fourth-order valence-corrected chi connectivity index (χ4v) is 5.18. The summed E-state index contributed by atoms with van der Waals surface area (Å²) in [6.07, 6.45) is 0.517. The average molecular weight is 501 g/mol. The second kappa shape index (κ2) is 9.80. The molecule has 3 aromatic rings. The molecule has 0 saturated carbocycles. The highest BCUT2D eigenvalue weighted by molar-refractivity contribution is 7.80. The summed E-state index contributed by atoms with van der Waals surface area (Å²) >= 11 is 17.9. The molecular weight excluding hydrogens is 478 g/mol. The predicted octanol–water partition coefficient (Wildman–Crippen LogP) is 7.07. The molecule has 0 radical (unpaired) electrons. The summed E-state index contributed by atoms with van der Waals surface area (Å²) in [4.78, 5) is 17.3. The summed E-state index contributed by atoms with van der Waals surface area (Å²) in [5.74, 6) is -1.06. The number of benzene rings is 3. The Balaban J connectivity index is 1.77. The molecule has 1 fully saturated rings. The van der Waals surface area contributed by atoms with Crippen molar-refractivity contribution in [2.24, 2.45) is 5.92 Å². The van der Waals surface area contributed by atoms with Gasteiger partial charge in [0.2, 0.25) is 5.91 Å². The number of amides is 1. The van der Waals surface area contributed by atoms with Gasteiger partial charge in [0.15, 0.2) is 5.11 Å². The van der Waals surface area contributed by atoms with Crippen LogP contribution in [-0.4, -0.2) is 22.0 Å². The van der Waals surface area contributed by atoms with E-state index in [1.54, 1.807) is 0 Å². The third-order valence-corrected chi connectivity index (χ3v) is 7.14. The van der Waals surface area contributed by atoms with Crippen molar-refractivity contribution in [3.8, 4) is 0 Å². The maximum Gasteiger partial charge on any atom is 0.238 e. The molecule has 1 saturated heterocycles. The Morgan fingerprint density at radius 2 is 1.70 bits per heavy atom. The Hall–Kier alpha value is -2.47. The molecule has 3 aromatic carbocycles. The molecule has 1 amide bonds. The molecule has 1 aliphatic heterocycles. The molecule has 0 aromatic heterocycles. The number of hydrogen-bond acceptors (Lipinski definition) is 2. The molecule has 0 aliphatic carbocycles. The van der Waals surface area contributed by atoms with Crippen LogP contribution in [0, 0.1) is 11.7 Å². The van der Waals surface area contributed by atoms with Gasteiger partial charge in [-0.25, -0.2) is 4.39 Å². The van der Waals surface area contributed by atoms with Gasteiger partial charge in [0.05, 0.1) is 22.7 Å². The molecule has 0 bridgehead atoms. The van der Waals surface area contributed by atoms with Crippen LogP contribution >= 0.6 is 35.4 Å². The maximum absolute atomic E-state index is 13.9. The molecule has 0 spiro atoms. The minimum Gasteiger partial charge on any atom is -0.338 e. The highest BCUT2D eigenvalue weighted by atomic mass is 35.5. The van der Waals surface area contributed by atoms with E-state index in [4.69, 9.17) is 35.4 Å². The van der Waals surface area contributed by atoms with E-state index >= 15 is 0 Å². The Morgan fingerprint density at radius 1 is 1.03 bits per heavy atom. The Morgan fingerprint density at radius 3 is 2.33 bits per heavy atom. The normalized spacial score (nSPS) is 19.7. The van der Waals surface area contributed by atoms with Gasteiger partial charge in [0, 0.05) is 11.1 Å². The van der Waals surface area contributed by atoms with Crippen LogP contribution in [0.25, 0.3) is 0 Å². The van der Waals surface area contributed by atoms with Gasteiger partial charge in [0.25, 0.3) is 0 Å². The lowest BCUT2D eigenvalue weighted by Gasteiger charge is -2.48. The molecule has 33 heavy (non-hydrogen) atoms. The van der Waals surface area contributed by atoms with E-state index in [9.17, 15) is 9.18 Å². The number of thiocarbonyl (C=S) groups is 1. The first-order valence-corrected chi connectivity index (χ1v) is 11.8. The van der Waals surface area contributed by atoms with Crippen LogP contribution in [-0.2, 0) is 11.2 Å². The summed E-state index contributed by atoms with van der Waals surface area (Å²) < 4.78 is 13.9. The van der Waals surface area contributed by atoms with Crippen molar-refractivity contribution in [3.05, 3.63) is 99.8 Å². The van der Waals surface area contributed by atoms with Gasteiger partial charge < -0.3 is 4.90 Å². The monoisotopic (exact) mass is 500 g/mol. The minimum atomic E-state index is -0.545. The van der Waals surface area contributed by atoms with Gasteiger partial charge in [-0.05, 0) is 73.9 Å². The van der Waals surface area contributed by atoms with Crippen molar-refractivity contribution in [2.45, 2.75) is 32.4 Å². The highest BCUT2D eigenvalue weighted by Crippen LogP contribution is 2.36. The minimum absolute atomic E-state index is 0.0568. The number of carbonyl (C=O) groups excluding carboxylic acids is 1. The van der Waals surface area contributed by atoms with Gasteiger partial charge in [-0.1, -0.05) is 65.7 Å². The molecule has 0 unspecified atom stereocenters. The predicted molar refractivity (Wildman–Crippen MR) is 136 cm³/mol. The average Bonchev–Trinajstić information content (AvgIpc) is 2.81. The van der Waals surface area contributed by atoms with Crippen LogP contribution in [0.1, 0.15) is 31.0 Å². The van der Waals surface area contributed by atoms with Gasteiger partial charge in [-0.3, -0.25) is 9.69 Å². The molecule has 4 rings (SSSR count). The number of anilines is 1. The smallest absolute Gasteiger partial charge is 0.238 e. The lowest BCUT2D eigenvalue weighted by atomic mass is 9.87. The van der Waals surface area contributed by atoms with Crippen molar-refractivity contribution in [1.29, 1.82) is 0 Å². The largest absolute Gasteiger partial charge is 0.338 e. The van der Waals surface area contributed by atoms with Crippen molar-refractivity contribution in [3.63, 3.8) is 0 Å². The van der Waals surface area contributed by atoms with Crippen LogP contribution in [0.3, 0.4) is 0 Å². The van der Waals surface area contributed by atoms with E-state index < -0.39 is 5.82 Å². The third kappa shape index (κ3) is 4.77. The molecule has 3 nitrogen and oxygen atoms in total. The molecule has 1 aliphatic rings. The maximum atomic E-state index is 13.9. The summed E-state index contributed by atoms with van der Waals surface area (Å²) in [6.45, 7) is 4.10. The van der Waals surface area contributed by atoms with Gasteiger partial charge in [-0.15, -0.1) is 0 Å². The number of carbonyl (C=O) groups is 1. The standard InChI is InChI=1S/C26H23Cl2FN2OS/c1-16(19-6-4-3-5-7-19)30-17(2)22(14-18-8-10-20(27)11-9-18)25(32)31(26(30)33)21-12-13-24(29)23(28)15-21/h3-13,15-17,22H,14H2,1-2H3/t16-,17-,22+/m0/s1. The molecular formula is C26H23Cl2FN2OS. The van der Waals surface area contributed by atoms with E-state index in [1.165, 1.54) is 23.1 Å². The molecule has 3 atom stereocenters. The number of halogens is 3. The summed E-state index contributed by atoms with van der Waals surface area (Å²) in [5, 5.41) is 0.961. The lowest BCUT2D eigenvalue weighted by Crippen LogP contribution is -2.62. The number of nitrogens with zero attached hydrogens (tertiary/aromatic N) is 2. The number of rotatable bonds is 5. The highest BCUT2D eigenvalue weighted by Gasteiger charge is 2.44. The van der Waals surface area contributed by atoms with Crippen LogP contribution < -0.4 is 4.90 Å². The first kappa shape index (κ1) is 23.7. The van der Waals surface area contributed by atoms with Crippen molar-refractivity contribution < 1.29 is 9.18 Å². The molecule has 7 heteroatoms. The zero-order chi connectivity index (χ0) is 23.7. The third-order valence-electron chi connectivity index (χ3n) is 6.20. The Kier molecular flexibility index (Phi) is 7.03. The van der Waals surface area contributed by atoms with Gasteiger partial charge in [-0.2, -0.15) is 0 Å². The first-order valence-electron chi connectivity index (χ1n) is 10.7. The van der Waals surface area contributed by atoms with Crippen LogP contribution in [0.2, 0.25) is 10.0 Å². The van der Waals surface area contributed by atoms with E-state index in [2.05, 4.69) is 11.8 Å². The van der Waals surface area contributed by atoms with E-state index in [0.717, 1.165) is 11.1 Å².